The fourth-order valence-corrected chi connectivity index (χ4v) is 2.53. The highest BCUT2D eigenvalue weighted by atomic mass is 32.1. The molecule has 1 aromatic carbocycles. The van der Waals surface area contributed by atoms with Crippen LogP contribution in [0.1, 0.15) is 21.7 Å². The number of halogens is 2. The molecule has 23 heavy (non-hydrogen) atoms. The molecule has 1 amide bonds. The highest BCUT2D eigenvalue weighted by molar-refractivity contribution is 7.09. The highest BCUT2D eigenvalue weighted by Gasteiger charge is 2.12. The molecule has 0 aliphatic carbocycles. The molecule has 1 aromatic heterocycles. The Bertz CT molecular complexity index is 674. The van der Waals surface area contributed by atoms with Gasteiger partial charge < -0.3 is 10.1 Å². The second-order valence-electron chi connectivity index (χ2n) is 4.68. The molecule has 7 heteroatoms. The number of rotatable bonds is 7. The molecule has 0 saturated carbocycles. The number of thiophene rings is 1. The molecule has 1 N–H and O–H groups in total. The van der Waals surface area contributed by atoms with Gasteiger partial charge in [-0.25, -0.2) is 8.78 Å². The number of hydrogen-bond donors (Lipinski definition) is 1. The van der Waals surface area contributed by atoms with Gasteiger partial charge in [0.05, 0.1) is 18.6 Å². The predicted molar refractivity (Wildman–Crippen MR) is 82.3 cm³/mol. The lowest BCUT2D eigenvalue weighted by Crippen LogP contribution is -2.27. The molecule has 0 radical (unpaired) electrons. The van der Waals surface area contributed by atoms with Crippen LogP contribution in [0.15, 0.2) is 35.7 Å². The van der Waals surface area contributed by atoms with Gasteiger partial charge in [0.1, 0.15) is 11.6 Å². The average molecular weight is 339 g/mol. The van der Waals surface area contributed by atoms with Gasteiger partial charge in [-0.1, -0.05) is 6.07 Å². The van der Waals surface area contributed by atoms with Crippen molar-refractivity contribution < 1.29 is 23.1 Å². The molecule has 0 aliphatic heterocycles. The summed E-state index contributed by atoms with van der Waals surface area (Å²) in [6.45, 7) is 0.299. The molecule has 0 unspecified atom stereocenters. The summed E-state index contributed by atoms with van der Waals surface area (Å²) in [4.78, 5) is 24.3. The van der Waals surface area contributed by atoms with Gasteiger partial charge in [0, 0.05) is 23.9 Å². The molecule has 0 aliphatic rings. The van der Waals surface area contributed by atoms with Crippen LogP contribution in [0.5, 0.6) is 0 Å². The maximum absolute atomic E-state index is 13.4. The van der Waals surface area contributed by atoms with Gasteiger partial charge in [-0.3, -0.25) is 9.59 Å². The number of carbonyl (C=O) groups is 2. The van der Waals surface area contributed by atoms with Crippen molar-refractivity contribution in [1.29, 1.82) is 0 Å². The van der Waals surface area contributed by atoms with E-state index in [0.717, 1.165) is 17.0 Å². The molecule has 4 nitrogen and oxygen atoms in total. The Labute approximate surface area is 136 Å². The summed E-state index contributed by atoms with van der Waals surface area (Å²) in [5, 5.41) is 4.34. The maximum atomic E-state index is 13.4. The van der Waals surface area contributed by atoms with Crippen LogP contribution in [0.4, 0.5) is 8.78 Å². The summed E-state index contributed by atoms with van der Waals surface area (Å²) in [5.74, 6) is -2.84. The van der Waals surface area contributed by atoms with Gasteiger partial charge in [-0.2, -0.15) is 0 Å². The molecule has 0 spiro atoms. The van der Waals surface area contributed by atoms with Gasteiger partial charge in [0.2, 0.25) is 0 Å². The van der Waals surface area contributed by atoms with Gasteiger partial charge in [-0.15, -0.1) is 11.3 Å². The first-order valence-electron chi connectivity index (χ1n) is 6.97. The SMILES string of the molecule is O=C(CCNC(=O)c1ccc(F)cc1F)OCCc1cccs1. The van der Waals surface area contributed by atoms with Crippen LogP contribution in [0.25, 0.3) is 0 Å². The van der Waals surface area contributed by atoms with Crippen molar-refractivity contribution in [2.75, 3.05) is 13.2 Å². The molecule has 2 aromatic rings. The summed E-state index contributed by atoms with van der Waals surface area (Å²) >= 11 is 1.59. The molecule has 0 atom stereocenters. The van der Waals surface area contributed by atoms with Crippen LogP contribution >= 0.6 is 11.3 Å². The van der Waals surface area contributed by atoms with Crippen LogP contribution < -0.4 is 5.32 Å². The van der Waals surface area contributed by atoms with E-state index in [1.165, 1.54) is 0 Å². The summed E-state index contributed by atoms with van der Waals surface area (Å²) in [6, 6.07) is 6.56. The zero-order valence-corrected chi connectivity index (χ0v) is 13.0. The number of nitrogens with one attached hydrogen (secondary N) is 1. The zero-order valence-electron chi connectivity index (χ0n) is 12.2. The van der Waals surface area contributed by atoms with Crippen LogP contribution in [0, 0.1) is 11.6 Å². The number of esters is 1. The largest absolute Gasteiger partial charge is 0.465 e. The highest BCUT2D eigenvalue weighted by Crippen LogP contribution is 2.10. The third kappa shape index (κ3) is 5.45. The summed E-state index contributed by atoms with van der Waals surface area (Å²) in [5.41, 5.74) is -0.266. The second-order valence-corrected chi connectivity index (χ2v) is 5.71. The van der Waals surface area contributed by atoms with Gasteiger partial charge in [0.25, 0.3) is 5.91 Å². The lowest BCUT2D eigenvalue weighted by molar-refractivity contribution is -0.143. The third-order valence-corrected chi connectivity index (χ3v) is 3.92. The zero-order chi connectivity index (χ0) is 16.7. The normalized spacial score (nSPS) is 10.3. The lowest BCUT2D eigenvalue weighted by Gasteiger charge is -2.07. The Balaban J connectivity index is 1.67. The first-order chi connectivity index (χ1) is 11.1. The van der Waals surface area contributed by atoms with E-state index < -0.39 is 23.5 Å². The van der Waals surface area contributed by atoms with Gasteiger partial charge in [0.15, 0.2) is 0 Å². The average Bonchev–Trinajstić information content (AvgIpc) is 3.00. The van der Waals surface area contributed by atoms with E-state index in [4.69, 9.17) is 4.74 Å². The molecule has 0 saturated heterocycles. The maximum Gasteiger partial charge on any atom is 0.307 e. The van der Waals surface area contributed by atoms with Crippen molar-refractivity contribution in [2.45, 2.75) is 12.8 Å². The quantitative estimate of drug-likeness (QED) is 0.789. The molecule has 122 valence electrons. The van der Waals surface area contributed by atoms with Crippen molar-refractivity contribution in [1.82, 2.24) is 5.32 Å². The fourth-order valence-electron chi connectivity index (χ4n) is 1.84. The van der Waals surface area contributed by atoms with Crippen molar-refractivity contribution >= 4 is 23.2 Å². The number of carbonyl (C=O) groups excluding carboxylic acids is 2. The van der Waals surface area contributed by atoms with Crippen LogP contribution in [0.3, 0.4) is 0 Å². The predicted octanol–water partition coefficient (Wildman–Crippen LogP) is 2.93. The van der Waals surface area contributed by atoms with Crippen molar-refractivity contribution in [3.63, 3.8) is 0 Å². The van der Waals surface area contributed by atoms with Gasteiger partial charge in [-0.05, 0) is 23.6 Å². The topological polar surface area (TPSA) is 55.4 Å². The monoisotopic (exact) mass is 339 g/mol. The number of benzene rings is 1. The summed E-state index contributed by atoms with van der Waals surface area (Å²) < 4.78 is 31.2. The molecule has 0 bridgehead atoms. The Hall–Kier alpha value is -2.28. The Morgan fingerprint density at radius 2 is 2.04 bits per heavy atom. The number of hydrogen-bond acceptors (Lipinski definition) is 4. The van der Waals surface area contributed by atoms with Crippen LogP contribution in [-0.2, 0) is 16.0 Å². The van der Waals surface area contributed by atoms with E-state index in [9.17, 15) is 18.4 Å². The minimum Gasteiger partial charge on any atom is -0.465 e. The number of ether oxygens (including phenoxy) is 1. The molecule has 1 heterocycles. The van der Waals surface area contributed by atoms with Crippen LogP contribution in [-0.4, -0.2) is 25.0 Å². The Kier molecular flexibility index (Phi) is 6.22. The first-order valence-corrected chi connectivity index (χ1v) is 7.85. The Morgan fingerprint density at radius 3 is 2.74 bits per heavy atom. The summed E-state index contributed by atoms with van der Waals surface area (Å²) in [6.07, 6.45) is 0.634. The van der Waals surface area contributed by atoms with Crippen LogP contribution in [0.2, 0.25) is 0 Å². The molecule has 0 fully saturated rings. The first kappa shape index (κ1) is 17.1. The van der Waals surface area contributed by atoms with Crippen molar-refractivity contribution in [2.24, 2.45) is 0 Å². The molecular weight excluding hydrogens is 324 g/mol. The van der Waals surface area contributed by atoms with Gasteiger partial charge >= 0.3 is 5.97 Å². The third-order valence-electron chi connectivity index (χ3n) is 2.98. The second kappa shape index (κ2) is 8.38. The van der Waals surface area contributed by atoms with E-state index in [-0.39, 0.29) is 25.1 Å². The molecular formula is C16H15F2NO3S. The van der Waals surface area contributed by atoms with E-state index in [2.05, 4.69) is 5.32 Å². The van der Waals surface area contributed by atoms with E-state index >= 15 is 0 Å². The summed E-state index contributed by atoms with van der Waals surface area (Å²) in [7, 11) is 0. The Morgan fingerprint density at radius 1 is 1.22 bits per heavy atom. The van der Waals surface area contributed by atoms with E-state index in [1.54, 1.807) is 11.3 Å². The lowest BCUT2D eigenvalue weighted by atomic mass is 10.2. The van der Waals surface area contributed by atoms with Crippen molar-refractivity contribution in [3.05, 3.63) is 57.8 Å². The van der Waals surface area contributed by atoms with Crippen molar-refractivity contribution in [3.8, 4) is 0 Å². The minimum atomic E-state index is -0.943. The fraction of sp³-hybridized carbons (Fsp3) is 0.250. The van der Waals surface area contributed by atoms with E-state index in [1.807, 2.05) is 17.5 Å². The smallest absolute Gasteiger partial charge is 0.307 e. The molecule has 2 rings (SSSR count). The standard InChI is InChI=1S/C16H15F2NO3S/c17-11-3-4-13(14(18)10-11)16(21)19-7-5-15(20)22-8-6-12-2-1-9-23-12/h1-4,9-10H,5-8H2,(H,19,21). The minimum absolute atomic E-state index is 0.0149. The van der Waals surface area contributed by atoms with E-state index in [0.29, 0.717) is 12.5 Å². The number of amides is 1.